The Bertz CT molecular complexity index is 806. The fourth-order valence-corrected chi connectivity index (χ4v) is 2.48. The molecule has 25 heavy (non-hydrogen) atoms. The van der Waals surface area contributed by atoms with Gasteiger partial charge in [0.25, 0.3) is 0 Å². The summed E-state index contributed by atoms with van der Waals surface area (Å²) in [4.78, 5) is 15.6. The minimum absolute atomic E-state index is 0.0275. The number of nitrogens with zero attached hydrogens (tertiary/aromatic N) is 2. The van der Waals surface area contributed by atoms with Gasteiger partial charge in [-0.15, -0.1) is 0 Å². The van der Waals surface area contributed by atoms with Crippen LogP contribution >= 0.6 is 0 Å². The second-order valence-corrected chi connectivity index (χ2v) is 5.51. The van der Waals surface area contributed by atoms with Gasteiger partial charge in [-0.05, 0) is 12.1 Å². The molecular formula is C15H14F3N3O4. The summed E-state index contributed by atoms with van der Waals surface area (Å²) < 4.78 is 51.5. The molecule has 1 aliphatic rings. The number of alkyl halides is 3. The molecule has 1 aliphatic heterocycles. The minimum Gasteiger partial charge on any atom is -0.454 e. The quantitative estimate of drug-likeness (QED) is 0.873. The lowest BCUT2D eigenvalue weighted by atomic mass is 9.97. The summed E-state index contributed by atoms with van der Waals surface area (Å²) in [5.74, 6) is -0.853. The van der Waals surface area contributed by atoms with Crippen LogP contribution in [0.3, 0.4) is 0 Å². The van der Waals surface area contributed by atoms with Crippen LogP contribution in [-0.4, -0.2) is 33.5 Å². The zero-order chi connectivity index (χ0) is 18.2. The molecular weight excluding hydrogens is 343 g/mol. The van der Waals surface area contributed by atoms with E-state index in [1.165, 1.54) is 31.4 Å². The van der Waals surface area contributed by atoms with Crippen molar-refractivity contribution in [2.24, 2.45) is 7.05 Å². The molecule has 2 aromatic rings. The van der Waals surface area contributed by atoms with Gasteiger partial charge in [-0.25, -0.2) is 4.98 Å². The first-order valence-electron chi connectivity index (χ1n) is 7.17. The van der Waals surface area contributed by atoms with E-state index in [1.54, 1.807) is 0 Å². The molecule has 0 aliphatic carbocycles. The smallest absolute Gasteiger partial charge is 0.425 e. The number of benzene rings is 1. The van der Waals surface area contributed by atoms with Crippen LogP contribution in [0.25, 0.3) is 0 Å². The van der Waals surface area contributed by atoms with Gasteiger partial charge in [0.1, 0.15) is 0 Å². The summed E-state index contributed by atoms with van der Waals surface area (Å²) in [5.41, 5.74) is -3.19. The lowest BCUT2D eigenvalue weighted by Gasteiger charge is -2.29. The molecule has 7 nitrogen and oxygen atoms in total. The van der Waals surface area contributed by atoms with Gasteiger partial charge < -0.3 is 24.5 Å². The van der Waals surface area contributed by atoms with Gasteiger partial charge in [-0.1, -0.05) is 0 Å². The van der Waals surface area contributed by atoms with Crippen LogP contribution in [0.2, 0.25) is 0 Å². The first kappa shape index (κ1) is 17.1. The Morgan fingerprint density at radius 3 is 2.72 bits per heavy atom. The standard InChI is InChI=1S/C15H14F3N3O4/c1-21-5-4-19-13(21)14(23,15(16,17)18)7-12(22)20-9-2-3-10-11(6-9)25-8-24-10/h2-6,23H,7-8H2,1H3,(H,20,22). The average Bonchev–Trinajstić information content (AvgIpc) is 3.13. The Hall–Kier alpha value is -2.75. The predicted octanol–water partition coefficient (Wildman–Crippen LogP) is 1.93. The van der Waals surface area contributed by atoms with Crippen LogP contribution in [-0.2, 0) is 17.4 Å². The summed E-state index contributed by atoms with van der Waals surface area (Å²) in [6.07, 6.45) is -3.96. The fourth-order valence-electron chi connectivity index (χ4n) is 2.48. The summed E-state index contributed by atoms with van der Waals surface area (Å²) in [6.45, 7) is 0.0275. The molecule has 134 valence electrons. The van der Waals surface area contributed by atoms with E-state index in [9.17, 15) is 23.1 Å². The van der Waals surface area contributed by atoms with E-state index in [0.29, 0.717) is 11.5 Å². The van der Waals surface area contributed by atoms with Crippen molar-refractivity contribution in [3.63, 3.8) is 0 Å². The Morgan fingerprint density at radius 2 is 2.08 bits per heavy atom. The van der Waals surface area contributed by atoms with Crippen LogP contribution in [0, 0.1) is 0 Å². The van der Waals surface area contributed by atoms with Gasteiger partial charge in [-0.2, -0.15) is 13.2 Å². The molecule has 1 aromatic heterocycles. The zero-order valence-electron chi connectivity index (χ0n) is 13.0. The Kier molecular flexibility index (Phi) is 4.07. The first-order valence-corrected chi connectivity index (χ1v) is 7.17. The minimum atomic E-state index is -5.08. The van der Waals surface area contributed by atoms with Gasteiger partial charge in [0, 0.05) is 31.2 Å². The van der Waals surface area contributed by atoms with E-state index in [1.807, 2.05) is 0 Å². The van der Waals surface area contributed by atoms with Gasteiger partial charge in [-0.3, -0.25) is 4.79 Å². The number of hydrogen-bond acceptors (Lipinski definition) is 5. The maximum absolute atomic E-state index is 13.4. The van der Waals surface area contributed by atoms with Crippen molar-refractivity contribution in [1.82, 2.24) is 9.55 Å². The summed E-state index contributed by atoms with van der Waals surface area (Å²) >= 11 is 0. The molecule has 1 amide bonds. The Morgan fingerprint density at radius 1 is 1.36 bits per heavy atom. The molecule has 1 unspecified atom stereocenters. The predicted molar refractivity (Wildman–Crippen MR) is 79.0 cm³/mol. The number of ether oxygens (including phenoxy) is 2. The molecule has 0 radical (unpaired) electrons. The average molecular weight is 357 g/mol. The highest BCUT2D eigenvalue weighted by atomic mass is 19.4. The van der Waals surface area contributed by atoms with Crippen molar-refractivity contribution in [3.05, 3.63) is 36.4 Å². The van der Waals surface area contributed by atoms with Crippen LogP contribution in [0.4, 0.5) is 18.9 Å². The summed E-state index contributed by atoms with van der Waals surface area (Å²) in [5, 5.41) is 12.5. The number of fused-ring (bicyclic) bond motifs is 1. The molecule has 0 spiro atoms. The number of rotatable bonds is 4. The van der Waals surface area contributed by atoms with Gasteiger partial charge >= 0.3 is 6.18 Å². The highest BCUT2D eigenvalue weighted by Crippen LogP contribution is 2.41. The number of anilines is 1. The number of carbonyl (C=O) groups is 1. The third-order valence-corrected chi connectivity index (χ3v) is 3.73. The number of halogens is 3. The fraction of sp³-hybridized carbons (Fsp3) is 0.333. The van der Waals surface area contributed by atoms with Gasteiger partial charge in [0.05, 0.1) is 6.42 Å². The van der Waals surface area contributed by atoms with Crippen molar-refractivity contribution in [3.8, 4) is 11.5 Å². The van der Waals surface area contributed by atoms with Crippen molar-refractivity contribution in [1.29, 1.82) is 0 Å². The number of aliphatic hydroxyl groups is 1. The van der Waals surface area contributed by atoms with E-state index in [4.69, 9.17) is 9.47 Å². The lowest BCUT2D eigenvalue weighted by Crippen LogP contribution is -2.46. The van der Waals surface area contributed by atoms with Crippen molar-refractivity contribution in [2.75, 3.05) is 12.1 Å². The third kappa shape index (κ3) is 3.12. The van der Waals surface area contributed by atoms with Crippen LogP contribution in [0.5, 0.6) is 11.5 Å². The summed E-state index contributed by atoms with van der Waals surface area (Å²) in [6, 6.07) is 4.40. The zero-order valence-corrected chi connectivity index (χ0v) is 13.0. The molecule has 1 aromatic carbocycles. The van der Waals surface area contributed by atoms with Crippen molar-refractivity contribution < 1.29 is 32.5 Å². The van der Waals surface area contributed by atoms with Crippen LogP contribution in [0.15, 0.2) is 30.6 Å². The molecule has 2 heterocycles. The second kappa shape index (κ2) is 5.96. The summed E-state index contributed by atoms with van der Waals surface area (Å²) in [7, 11) is 1.30. The highest BCUT2D eigenvalue weighted by Gasteiger charge is 2.58. The van der Waals surface area contributed by atoms with Crippen LogP contribution in [0.1, 0.15) is 12.2 Å². The number of aromatic nitrogens is 2. The molecule has 2 N–H and O–H groups in total. The molecule has 3 rings (SSSR count). The Labute approximate surface area is 140 Å². The maximum Gasteiger partial charge on any atom is 0.425 e. The topological polar surface area (TPSA) is 85.6 Å². The second-order valence-electron chi connectivity index (χ2n) is 5.51. The number of nitrogens with one attached hydrogen (secondary N) is 1. The molecule has 0 fully saturated rings. The highest BCUT2D eigenvalue weighted by molar-refractivity contribution is 5.91. The van der Waals surface area contributed by atoms with Crippen LogP contribution < -0.4 is 14.8 Å². The monoisotopic (exact) mass is 357 g/mol. The third-order valence-electron chi connectivity index (χ3n) is 3.73. The largest absolute Gasteiger partial charge is 0.454 e. The van der Waals surface area contributed by atoms with E-state index >= 15 is 0 Å². The van der Waals surface area contributed by atoms with Gasteiger partial charge in [0.2, 0.25) is 18.3 Å². The molecule has 10 heteroatoms. The lowest BCUT2D eigenvalue weighted by molar-refractivity contribution is -0.270. The molecule has 0 saturated carbocycles. The number of imidazole rings is 1. The molecule has 0 bridgehead atoms. The van der Waals surface area contributed by atoms with Crippen molar-refractivity contribution in [2.45, 2.75) is 18.2 Å². The SMILES string of the molecule is Cn1ccnc1C(O)(CC(=O)Nc1ccc2c(c1)OCO2)C(F)(F)F. The maximum atomic E-state index is 13.4. The number of amides is 1. The number of hydrogen-bond donors (Lipinski definition) is 2. The van der Waals surface area contributed by atoms with E-state index in [0.717, 1.165) is 10.8 Å². The number of aryl methyl sites for hydroxylation is 1. The van der Waals surface area contributed by atoms with Crippen molar-refractivity contribution >= 4 is 11.6 Å². The molecule has 1 atom stereocenters. The molecule has 0 saturated heterocycles. The van der Waals surface area contributed by atoms with Gasteiger partial charge in [0.15, 0.2) is 17.3 Å². The normalized spacial score (nSPS) is 15.7. The Balaban J connectivity index is 1.81. The van der Waals surface area contributed by atoms with E-state index < -0.39 is 29.9 Å². The number of carbonyl (C=O) groups excluding carboxylic acids is 1. The first-order chi connectivity index (χ1) is 11.7. The van der Waals surface area contributed by atoms with E-state index in [2.05, 4.69) is 10.3 Å². The van der Waals surface area contributed by atoms with E-state index in [-0.39, 0.29) is 12.5 Å².